The molecule has 1 saturated heterocycles. The van der Waals surface area contributed by atoms with E-state index in [1.54, 1.807) is 30.3 Å². The quantitative estimate of drug-likeness (QED) is 0.212. The number of anilines is 2. The molecule has 1 fully saturated rings. The number of rotatable bonds is 7. The SMILES string of the molecule is Cc1ccc(NC(=O)COc2ccc(C=C3C(=O)NC(=S)N(c4cccc(C(=O)O)c4)C3=O)cc2Br)cc1. The second-order valence-corrected chi connectivity index (χ2v) is 9.45. The molecule has 1 aliphatic heterocycles. The highest BCUT2D eigenvalue weighted by molar-refractivity contribution is 9.10. The van der Waals surface area contributed by atoms with Gasteiger partial charge in [-0.1, -0.05) is 29.8 Å². The number of nitrogens with one attached hydrogen (secondary N) is 2. The van der Waals surface area contributed by atoms with Crippen molar-refractivity contribution >= 4 is 74.4 Å². The summed E-state index contributed by atoms with van der Waals surface area (Å²) in [6.07, 6.45) is 1.38. The predicted molar refractivity (Wildman–Crippen MR) is 149 cm³/mol. The summed E-state index contributed by atoms with van der Waals surface area (Å²) in [4.78, 5) is 50.4. The van der Waals surface area contributed by atoms with Crippen molar-refractivity contribution in [3.05, 3.63) is 93.5 Å². The van der Waals surface area contributed by atoms with E-state index in [1.807, 2.05) is 19.1 Å². The molecular formula is C27H20BrN3O6S. The fourth-order valence-electron chi connectivity index (χ4n) is 3.54. The maximum absolute atomic E-state index is 13.2. The summed E-state index contributed by atoms with van der Waals surface area (Å²) in [5.41, 5.74) is 2.21. The van der Waals surface area contributed by atoms with Crippen LogP contribution in [0.2, 0.25) is 0 Å². The third-order valence-electron chi connectivity index (χ3n) is 5.41. The molecule has 0 bridgehead atoms. The fourth-order valence-corrected chi connectivity index (χ4v) is 4.33. The molecule has 0 spiro atoms. The van der Waals surface area contributed by atoms with Gasteiger partial charge in [0.15, 0.2) is 11.7 Å². The topological polar surface area (TPSA) is 125 Å². The van der Waals surface area contributed by atoms with E-state index in [2.05, 4.69) is 26.6 Å². The lowest BCUT2D eigenvalue weighted by atomic mass is 10.1. The van der Waals surface area contributed by atoms with Gasteiger partial charge in [-0.25, -0.2) is 4.79 Å². The average molecular weight is 594 g/mol. The first kappa shape index (κ1) is 26.7. The van der Waals surface area contributed by atoms with Gasteiger partial charge in [-0.3, -0.25) is 24.6 Å². The first-order chi connectivity index (χ1) is 18.1. The van der Waals surface area contributed by atoms with Gasteiger partial charge in [0.2, 0.25) is 0 Å². The number of halogens is 1. The molecule has 0 atom stereocenters. The number of aromatic carboxylic acids is 1. The van der Waals surface area contributed by atoms with Crippen molar-refractivity contribution in [1.82, 2.24) is 5.32 Å². The Morgan fingerprint density at radius 3 is 2.53 bits per heavy atom. The second kappa shape index (κ2) is 11.4. The van der Waals surface area contributed by atoms with Crippen molar-refractivity contribution in [3.63, 3.8) is 0 Å². The minimum atomic E-state index is -1.16. The highest BCUT2D eigenvalue weighted by Crippen LogP contribution is 2.28. The average Bonchev–Trinajstić information content (AvgIpc) is 2.87. The van der Waals surface area contributed by atoms with Gasteiger partial charge < -0.3 is 15.2 Å². The van der Waals surface area contributed by atoms with Crippen molar-refractivity contribution in [2.24, 2.45) is 0 Å². The van der Waals surface area contributed by atoms with Crippen LogP contribution < -0.4 is 20.3 Å². The number of benzene rings is 3. The van der Waals surface area contributed by atoms with Gasteiger partial charge in [0.25, 0.3) is 17.7 Å². The van der Waals surface area contributed by atoms with Gasteiger partial charge in [-0.15, -0.1) is 0 Å². The molecule has 0 radical (unpaired) electrons. The number of aryl methyl sites for hydroxylation is 1. The number of carbonyl (C=O) groups excluding carboxylic acids is 3. The smallest absolute Gasteiger partial charge is 0.335 e. The van der Waals surface area contributed by atoms with Crippen LogP contribution in [0.3, 0.4) is 0 Å². The Kier molecular flexibility index (Phi) is 7.99. The van der Waals surface area contributed by atoms with Crippen LogP contribution in [0.15, 0.2) is 76.8 Å². The number of hydrogen-bond acceptors (Lipinski definition) is 6. The molecule has 0 saturated carbocycles. The van der Waals surface area contributed by atoms with Crippen molar-refractivity contribution in [1.29, 1.82) is 0 Å². The number of amides is 3. The number of hydrogen-bond donors (Lipinski definition) is 3. The molecule has 3 N–H and O–H groups in total. The summed E-state index contributed by atoms with van der Waals surface area (Å²) in [6, 6.07) is 17.9. The molecule has 1 aliphatic rings. The molecule has 3 amide bonds. The van der Waals surface area contributed by atoms with Gasteiger partial charge >= 0.3 is 5.97 Å². The maximum atomic E-state index is 13.2. The highest BCUT2D eigenvalue weighted by Gasteiger charge is 2.34. The van der Waals surface area contributed by atoms with E-state index >= 15 is 0 Å². The van der Waals surface area contributed by atoms with E-state index in [4.69, 9.17) is 17.0 Å². The van der Waals surface area contributed by atoms with Crippen LogP contribution in [-0.2, 0) is 14.4 Å². The Morgan fingerprint density at radius 1 is 1.11 bits per heavy atom. The lowest BCUT2D eigenvalue weighted by Gasteiger charge is -2.29. The van der Waals surface area contributed by atoms with Gasteiger partial charge in [0.05, 0.1) is 15.7 Å². The van der Waals surface area contributed by atoms with Crippen LogP contribution in [0, 0.1) is 6.92 Å². The van der Waals surface area contributed by atoms with Crippen LogP contribution in [0.25, 0.3) is 6.08 Å². The van der Waals surface area contributed by atoms with Crippen molar-refractivity contribution in [2.75, 3.05) is 16.8 Å². The summed E-state index contributed by atoms with van der Waals surface area (Å²) in [7, 11) is 0. The number of thiocarbonyl (C=S) groups is 1. The molecule has 11 heteroatoms. The minimum absolute atomic E-state index is 0.0346. The van der Waals surface area contributed by atoms with Crippen molar-refractivity contribution < 1.29 is 29.0 Å². The van der Waals surface area contributed by atoms with Crippen molar-refractivity contribution in [3.8, 4) is 5.75 Å². The molecule has 4 rings (SSSR count). The Labute approximate surface area is 231 Å². The van der Waals surface area contributed by atoms with Crippen molar-refractivity contribution in [2.45, 2.75) is 6.92 Å². The summed E-state index contributed by atoms with van der Waals surface area (Å²) in [5.74, 6) is -2.50. The fraction of sp³-hybridized carbons (Fsp3) is 0.0741. The standard InChI is InChI=1S/C27H20BrN3O6S/c1-15-5-8-18(9-6-15)29-23(32)14-37-22-10-7-16(12-21(22)28)11-20-24(33)30-27(38)31(25(20)34)19-4-2-3-17(13-19)26(35)36/h2-13H,14H2,1H3,(H,29,32)(H,35,36)(H,30,33,38). The molecule has 0 aliphatic carbocycles. The zero-order chi connectivity index (χ0) is 27.4. The Bertz CT molecular complexity index is 1500. The molecule has 0 unspecified atom stereocenters. The molecular weight excluding hydrogens is 574 g/mol. The van der Waals surface area contributed by atoms with E-state index in [0.29, 0.717) is 21.5 Å². The summed E-state index contributed by atoms with van der Waals surface area (Å²) >= 11 is 8.55. The summed E-state index contributed by atoms with van der Waals surface area (Å²) in [6.45, 7) is 1.73. The molecule has 9 nitrogen and oxygen atoms in total. The van der Waals surface area contributed by atoms with Gasteiger partial charge in [-0.2, -0.15) is 0 Å². The van der Waals surface area contributed by atoms with Crippen LogP contribution in [0.1, 0.15) is 21.5 Å². The van der Waals surface area contributed by atoms with Gasteiger partial charge in [-0.05, 0) is 89.2 Å². The third kappa shape index (κ3) is 6.13. The second-order valence-electron chi connectivity index (χ2n) is 8.21. The zero-order valence-electron chi connectivity index (χ0n) is 19.9. The monoisotopic (exact) mass is 593 g/mol. The van der Waals surface area contributed by atoms with Crippen LogP contribution >= 0.6 is 28.1 Å². The molecule has 38 heavy (non-hydrogen) atoms. The Hall–Kier alpha value is -4.35. The van der Waals surface area contributed by atoms with E-state index in [0.717, 1.165) is 10.5 Å². The summed E-state index contributed by atoms with van der Waals surface area (Å²) in [5, 5.41) is 14.3. The Morgan fingerprint density at radius 2 is 1.84 bits per heavy atom. The maximum Gasteiger partial charge on any atom is 0.335 e. The zero-order valence-corrected chi connectivity index (χ0v) is 22.3. The number of carboxylic acids is 1. The van der Waals surface area contributed by atoms with E-state index in [1.165, 1.54) is 30.3 Å². The number of carboxylic acid groups (broad SMARTS) is 1. The Balaban J connectivity index is 1.49. The number of carbonyl (C=O) groups is 4. The first-order valence-corrected chi connectivity index (χ1v) is 12.4. The molecule has 0 aromatic heterocycles. The van der Waals surface area contributed by atoms with E-state index < -0.39 is 17.8 Å². The van der Waals surface area contributed by atoms with E-state index in [-0.39, 0.29) is 34.5 Å². The lowest BCUT2D eigenvalue weighted by molar-refractivity contribution is -0.122. The number of ether oxygens (including phenoxy) is 1. The van der Waals surface area contributed by atoms with Gasteiger partial charge in [0.1, 0.15) is 11.3 Å². The van der Waals surface area contributed by atoms with Crippen LogP contribution in [-0.4, -0.2) is 40.5 Å². The number of nitrogens with zero attached hydrogens (tertiary/aromatic N) is 1. The molecule has 3 aromatic carbocycles. The molecule has 192 valence electrons. The first-order valence-electron chi connectivity index (χ1n) is 11.2. The lowest BCUT2D eigenvalue weighted by Crippen LogP contribution is -2.54. The van der Waals surface area contributed by atoms with Crippen LogP contribution in [0.4, 0.5) is 11.4 Å². The largest absolute Gasteiger partial charge is 0.483 e. The minimum Gasteiger partial charge on any atom is -0.483 e. The highest BCUT2D eigenvalue weighted by atomic mass is 79.9. The third-order valence-corrected chi connectivity index (χ3v) is 6.32. The molecule has 1 heterocycles. The molecule has 3 aromatic rings. The van der Waals surface area contributed by atoms with Crippen LogP contribution in [0.5, 0.6) is 5.75 Å². The van der Waals surface area contributed by atoms with E-state index in [9.17, 15) is 24.3 Å². The van der Waals surface area contributed by atoms with Gasteiger partial charge in [0, 0.05) is 5.69 Å². The summed E-state index contributed by atoms with van der Waals surface area (Å²) < 4.78 is 6.10. The predicted octanol–water partition coefficient (Wildman–Crippen LogP) is 4.30. The normalized spacial score (nSPS) is 14.3.